The van der Waals surface area contributed by atoms with Crippen LogP contribution in [-0.2, 0) is 16.4 Å². The second kappa shape index (κ2) is 9.42. The Morgan fingerprint density at radius 3 is 2.70 bits per heavy atom. The summed E-state index contributed by atoms with van der Waals surface area (Å²) in [6.07, 6.45) is 5.61. The molecule has 11 heteroatoms. The third kappa shape index (κ3) is 4.96. The summed E-state index contributed by atoms with van der Waals surface area (Å²) in [5.41, 5.74) is 8.54. The molecule has 3 heterocycles. The molecule has 5 rings (SSSR count). The van der Waals surface area contributed by atoms with Crippen LogP contribution in [0.1, 0.15) is 45.9 Å². The van der Waals surface area contributed by atoms with Gasteiger partial charge in [-0.3, -0.25) is 4.79 Å². The van der Waals surface area contributed by atoms with E-state index in [1.807, 2.05) is 0 Å². The minimum absolute atomic E-state index is 0.0198. The average Bonchev–Trinajstić information content (AvgIpc) is 3.72. The van der Waals surface area contributed by atoms with E-state index in [2.05, 4.69) is 21.0 Å². The van der Waals surface area contributed by atoms with Crippen LogP contribution in [0, 0.1) is 11.3 Å². The molecule has 9 nitrogen and oxygen atoms in total. The van der Waals surface area contributed by atoms with Gasteiger partial charge in [-0.2, -0.15) is 5.26 Å². The number of hydrogen-bond acceptors (Lipinski definition) is 8. The van der Waals surface area contributed by atoms with Crippen molar-refractivity contribution < 1.29 is 13.2 Å². The smallest absolute Gasteiger partial charge is 0.260 e. The van der Waals surface area contributed by atoms with Crippen LogP contribution in [0.2, 0.25) is 5.02 Å². The number of carbonyl (C=O) groups excluding carboxylic acids is 1. The molecule has 1 saturated carbocycles. The van der Waals surface area contributed by atoms with Crippen LogP contribution in [0.15, 0.2) is 59.9 Å². The molecule has 1 aliphatic rings. The fourth-order valence-electron chi connectivity index (χ4n) is 4.18. The average molecular weight is 533 g/mol. The highest BCUT2D eigenvalue weighted by Crippen LogP contribution is 2.41. The van der Waals surface area contributed by atoms with Crippen LogP contribution in [0.5, 0.6) is 0 Å². The number of rotatable bonds is 6. The molecular formula is C26H21ClN6O3S. The van der Waals surface area contributed by atoms with E-state index in [9.17, 15) is 18.5 Å². The quantitative estimate of drug-likeness (QED) is 0.388. The van der Waals surface area contributed by atoms with Crippen LogP contribution in [0.4, 0.5) is 11.5 Å². The summed E-state index contributed by atoms with van der Waals surface area (Å²) in [7, 11) is -3.76. The lowest BCUT2D eigenvalue weighted by Gasteiger charge is -2.25. The summed E-state index contributed by atoms with van der Waals surface area (Å²) in [4.78, 5) is 27.9. The number of nitrogens with two attached hydrogens (primary N) is 1. The maximum atomic E-state index is 13.9. The largest absolute Gasteiger partial charge is 0.382 e. The highest BCUT2D eigenvalue weighted by atomic mass is 35.5. The molecule has 0 atom stereocenters. The second-order valence-electron chi connectivity index (χ2n) is 8.92. The number of fused-ring (bicyclic) bond motifs is 1. The molecule has 1 amide bonds. The van der Waals surface area contributed by atoms with Crippen LogP contribution in [-0.4, -0.2) is 35.5 Å². The Morgan fingerprint density at radius 2 is 2.00 bits per heavy atom. The first-order valence-corrected chi connectivity index (χ1v) is 13.6. The van der Waals surface area contributed by atoms with Crippen molar-refractivity contribution in [2.24, 2.45) is 0 Å². The fourth-order valence-corrected chi connectivity index (χ4v) is 5.15. The summed E-state index contributed by atoms with van der Waals surface area (Å²) in [5, 5.41) is 10.3. The molecule has 0 bridgehead atoms. The van der Waals surface area contributed by atoms with Crippen molar-refractivity contribution in [3.05, 3.63) is 82.3 Å². The number of amides is 1. The number of nitrogen functional groups attached to an aromatic ring is 1. The van der Waals surface area contributed by atoms with Gasteiger partial charge in [-0.25, -0.2) is 23.4 Å². The van der Waals surface area contributed by atoms with Crippen molar-refractivity contribution in [2.45, 2.75) is 30.3 Å². The monoisotopic (exact) mass is 532 g/mol. The van der Waals surface area contributed by atoms with Crippen molar-refractivity contribution >= 4 is 49.8 Å². The van der Waals surface area contributed by atoms with Gasteiger partial charge in [-0.05, 0) is 60.2 Å². The zero-order valence-electron chi connectivity index (χ0n) is 19.7. The topological polar surface area (TPSA) is 143 Å². The SMILES string of the molecule is CS(=O)(=O)c1ncccc1N(Cc1ccc2cc(Cl)c(N)nc2c1)C(=O)c1cnc(C#N)c(C2CC2)c1. The maximum Gasteiger partial charge on any atom is 0.260 e. The lowest BCUT2D eigenvalue weighted by molar-refractivity contribution is 0.0984. The van der Waals surface area contributed by atoms with Gasteiger partial charge in [0.1, 0.15) is 17.6 Å². The minimum Gasteiger partial charge on any atom is -0.382 e. The van der Waals surface area contributed by atoms with Crippen LogP contribution in [0.25, 0.3) is 10.9 Å². The summed E-state index contributed by atoms with van der Waals surface area (Å²) in [6, 6.07) is 14.0. The Labute approximate surface area is 218 Å². The normalized spacial score (nSPS) is 13.3. The van der Waals surface area contributed by atoms with Gasteiger partial charge < -0.3 is 10.6 Å². The lowest BCUT2D eigenvalue weighted by Crippen LogP contribution is -2.32. The number of halogens is 1. The molecule has 2 N–H and O–H groups in total. The van der Waals surface area contributed by atoms with Crippen LogP contribution in [0.3, 0.4) is 0 Å². The highest BCUT2D eigenvalue weighted by Gasteiger charge is 2.30. The number of hydrogen-bond donors (Lipinski definition) is 1. The molecule has 4 aromatic rings. The summed E-state index contributed by atoms with van der Waals surface area (Å²) in [5.74, 6) is -0.0974. The number of nitrogens with zero attached hydrogens (tertiary/aromatic N) is 5. The van der Waals surface area contributed by atoms with Gasteiger partial charge in [0, 0.05) is 24.0 Å². The third-order valence-corrected chi connectivity index (χ3v) is 7.45. The third-order valence-electron chi connectivity index (χ3n) is 6.13. The number of aromatic nitrogens is 3. The Morgan fingerprint density at radius 1 is 1.22 bits per heavy atom. The second-order valence-corrected chi connectivity index (χ2v) is 11.3. The van der Waals surface area contributed by atoms with Crippen molar-refractivity contribution in [2.75, 3.05) is 16.9 Å². The molecule has 0 spiro atoms. The molecule has 1 aliphatic carbocycles. The molecular weight excluding hydrogens is 512 g/mol. The van der Waals surface area contributed by atoms with Crippen molar-refractivity contribution in [1.82, 2.24) is 15.0 Å². The van der Waals surface area contributed by atoms with Gasteiger partial charge in [-0.15, -0.1) is 0 Å². The Kier molecular flexibility index (Phi) is 6.27. The zero-order chi connectivity index (χ0) is 26.3. The van der Waals surface area contributed by atoms with Crippen molar-refractivity contribution in [3.63, 3.8) is 0 Å². The summed E-state index contributed by atoms with van der Waals surface area (Å²) < 4.78 is 25.1. The van der Waals surface area contributed by atoms with E-state index < -0.39 is 15.7 Å². The highest BCUT2D eigenvalue weighted by molar-refractivity contribution is 7.90. The van der Waals surface area contributed by atoms with Gasteiger partial charge in [0.05, 0.1) is 28.3 Å². The Balaban J connectivity index is 1.62. The number of anilines is 2. The summed E-state index contributed by atoms with van der Waals surface area (Å²) in [6.45, 7) is 0.0198. The van der Waals surface area contributed by atoms with E-state index >= 15 is 0 Å². The van der Waals surface area contributed by atoms with E-state index in [0.717, 1.165) is 30.0 Å². The van der Waals surface area contributed by atoms with E-state index in [-0.39, 0.29) is 34.6 Å². The molecule has 186 valence electrons. The van der Waals surface area contributed by atoms with E-state index in [0.29, 0.717) is 21.8 Å². The van der Waals surface area contributed by atoms with Gasteiger partial charge in [0.2, 0.25) is 0 Å². The number of benzene rings is 1. The van der Waals surface area contributed by atoms with Crippen LogP contribution < -0.4 is 10.6 Å². The van der Waals surface area contributed by atoms with Gasteiger partial charge in [0.15, 0.2) is 14.9 Å². The van der Waals surface area contributed by atoms with E-state index in [4.69, 9.17) is 17.3 Å². The van der Waals surface area contributed by atoms with E-state index in [1.165, 1.54) is 23.4 Å². The van der Waals surface area contributed by atoms with Gasteiger partial charge in [0.25, 0.3) is 5.91 Å². The number of carbonyl (C=O) groups is 1. The van der Waals surface area contributed by atoms with Gasteiger partial charge in [-0.1, -0.05) is 23.7 Å². The molecule has 0 saturated heterocycles. The molecule has 1 aromatic carbocycles. The first-order valence-electron chi connectivity index (χ1n) is 11.4. The first kappa shape index (κ1) is 24.6. The predicted molar refractivity (Wildman–Crippen MR) is 140 cm³/mol. The Hall–Kier alpha value is -4.07. The first-order chi connectivity index (χ1) is 17.7. The molecule has 37 heavy (non-hydrogen) atoms. The number of nitriles is 1. The molecule has 0 aliphatic heterocycles. The van der Waals surface area contributed by atoms with Crippen molar-refractivity contribution in [3.8, 4) is 6.07 Å². The summed E-state index contributed by atoms with van der Waals surface area (Å²) >= 11 is 6.09. The lowest BCUT2D eigenvalue weighted by atomic mass is 10.1. The minimum atomic E-state index is -3.76. The molecule has 1 fully saturated rings. The van der Waals surface area contributed by atoms with Crippen molar-refractivity contribution in [1.29, 1.82) is 5.26 Å². The zero-order valence-corrected chi connectivity index (χ0v) is 21.3. The Bertz CT molecular complexity index is 1710. The molecule has 0 radical (unpaired) electrons. The molecule has 3 aromatic heterocycles. The number of sulfone groups is 1. The van der Waals surface area contributed by atoms with Gasteiger partial charge >= 0.3 is 0 Å². The fraction of sp³-hybridized carbons (Fsp3) is 0.192. The van der Waals surface area contributed by atoms with E-state index in [1.54, 1.807) is 36.4 Å². The maximum absolute atomic E-state index is 13.9. The predicted octanol–water partition coefficient (Wildman–Crippen LogP) is 4.26. The molecule has 0 unspecified atom stereocenters. The standard InChI is InChI=1S/C26H21ClN6O3S/c1-37(35,36)25-23(3-2-8-30-25)33(14-15-4-5-17-11-20(27)24(29)32-21(17)9-15)26(34)18-10-19(16-6-7-16)22(12-28)31-13-18/h2-5,8-11,13,16H,6-7,14H2,1H3,(H2,29,32). The van der Waals surface area contributed by atoms with Crippen LogP contribution >= 0.6 is 11.6 Å². The number of pyridine rings is 3.